The van der Waals surface area contributed by atoms with E-state index in [1.807, 2.05) is 4.90 Å². The number of carboxylic acids is 1. The van der Waals surface area contributed by atoms with Crippen LogP contribution in [-0.2, 0) is 23.9 Å². The minimum absolute atomic E-state index is 0. The highest BCUT2D eigenvalue weighted by Gasteiger charge is 2.35. The van der Waals surface area contributed by atoms with Gasteiger partial charge in [-0.3, -0.25) is 14.5 Å². The molecule has 0 radical (unpaired) electrons. The van der Waals surface area contributed by atoms with E-state index in [1.165, 1.54) is 29.8 Å². The first-order valence-corrected chi connectivity index (χ1v) is 15.3. The predicted molar refractivity (Wildman–Crippen MR) is 160 cm³/mol. The van der Waals surface area contributed by atoms with Crippen LogP contribution >= 0.6 is 11.3 Å². The molecule has 238 valence electrons. The average molecular weight is 636 g/mol. The smallest absolute Gasteiger partial charge is 0.419 e. The van der Waals surface area contributed by atoms with E-state index in [4.69, 9.17) is 0 Å². The third kappa shape index (κ3) is 7.60. The van der Waals surface area contributed by atoms with Gasteiger partial charge in [0.1, 0.15) is 22.3 Å². The van der Waals surface area contributed by atoms with Crippen molar-refractivity contribution < 1.29 is 32.3 Å². The Morgan fingerprint density at radius 1 is 1.09 bits per heavy atom. The van der Waals surface area contributed by atoms with Gasteiger partial charge in [0, 0.05) is 36.1 Å². The topological polar surface area (TPSA) is 99.5 Å². The van der Waals surface area contributed by atoms with Crippen LogP contribution in [0.4, 0.5) is 23.4 Å². The van der Waals surface area contributed by atoms with Crippen LogP contribution in [0.1, 0.15) is 78.8 Å². The van der Waals surface area contributed by atoms with Gasteiger partial charge >= 0.3 is 12.1 Å². The van der Waals surface area contributed by atoms with E-state index >= 15 is 0 Å². The molecule has 3 aromatic rings. The van der Waals surface area contributed by atoms with Crippen molar-refractivity contribution >= 4 is 28.9 Å². The van der Waals surface area contributed by atoms with Gasteiger partial charge in [-0.15, -0.1) is 11.3 Å². The summed E-state index contributed by atoms with van der Waals surface area (Å²) in [6.45, 7) is 4.52. The normalized spacial score (nSPS) is 17.9. The van der Waals surface area contributed by atoms with Gasteiger partial charge in [0.05, 0.1) is 36.0 Å². The lowest BCUT2D eigenvalue weighted by Crippen LogP contribution is -2.36. The van der Waals surface area contributed by atoms with E-state index in [9.17, 15) is 32.3 Å². The highest BCUT2D eigenvalue weighted by molar-refractivity contribution is 7.12. The molecular formula is C31H37F4N5O3S. The Bertz CT molecular complexity index is 1460. The Kier molecular flexibility index (Phi) is 10.7. The van der Waals surface area contributed by atoms with Crippen LogP contribution < -0.4 is 4.90 Å². The Labute approximate surface area is 258 Å². The summed E-state index contributed by atoms with van der Waals surface area (Å²) in [7, 11) is 0. The zero-order chi connectivity index (χ0) is 30.7. The van der Waals surface area contributed by atoms with E-state index < -0.39 is 23.5 Å². The van der Waals surface area contributed by atoms with Gasteiger partial charge in [-0.25, -0.2) is 19.3 Å². The van der Waals surface area contributed by atoms with Gasteiger partial charge in [-0.2, -0.15) is 13.2 Å². The molecule has 5 rings (SSSR count). The number of nitrogens with zero attached hydrogens (tertiary/aromatic N) is 5. The van der Waals surface area contributed by atoms with Gasteiger partial charge < -0.3 is 10.0 Å². The fourth-order valence-corrected chi connectivity index (χ4v) is 6.97. The Morgan fingerprint density at radius 3 is 2.48 bits per heavy atom. The van der Waals surface area contributed by atoms with Crippen LogP contribution in [0.5, 0.6) is 0 Å². The summed E-state index contributed by atoms with van der Waals surface area (Å²) in [5, 5.41) is 9.64. The molecule has 8 nitrogen and oxygen atoms in total. The van der Waals surface area contributed by atoms with Crippen LogP contribution in [0.2, 0.25) is 0 Å². The number of carboxylic acid groups (broad SMARTS) is 1. The summed E-state index contributed by atoms with van der Waals surface area (Å²) < 4.78 is 54.6. The number of hydrogen-bond acceptors (Lipinski definition) is 8. The Balaban J connectivity index is 0.00000442. The number of likely N-dealkylation sites (tertiary alicyclic amines) is 1. The van der Waals surface area contributed by atoms with Crippen LogP contribution in [0.15, 0.2) is 30.6 Å². The number of halogens is 4. The average Bonchev–Trinajstić information content (AvgIpc) is 3.59. The lowest BCUT2D eigenvalue weighted by Gasteiger charge is -2.30. The standard InChI is InChI=1S/C30H33F4N5O3S.CH4/c1-2-4-20-5-3-10-39(20)17-25-28(19-6-7-22(31)21(13-19)30(32,33)34)37-27(43-25)14-24(40)23-15-36-26(16-35-23)38-11-8-18(9-12-38)29(41)42;/h6-7,13,15-16,18,20H,2-5,8-12,14,17H2,1H3,(H,41,42);1H4/t20-;/m1./s1. The maximum absolute atomic E-state index is 14.1. The third-order valence-electron chi connectivity index (χ3n) is 8.16. The zero-order valence-corrected chi connectivity index (χ0v) is 24.6. The lowest BCUT2D eigenvalue weighted by molar-refractivity contribution is -0.142. The van der Waals surface area contributed by atoms with Crippen LogP contribution in [0.3, 0.4) is 0 Å². The molecule has 0 amide bonds. The van der Waals surface area contributed by atoms with Crippen LogP contribution in [0.25, 0.3) is 11.3 Å². The maximum atomic E-state index is 14.1. The summed E-state index contributed by atoms with van der Waals surface area (Å²) >= 11 is 1.28. The third-order valence-corrected chi connectivity index (χ3v) is 9.20. The SMILES string of the molecule is C.CCC[C@@H]1CCCN1Cc1sc(CC(=O)c2cnc(N3CCC(C(=O)O)CC3)cn2)nc1-c1ccc(F)c(C(F)(F)F)c1. The molecule has 0 aliphatic carbocycles. The van der Waals surface area contributed by atoms with E-state index in [0.717, 1.165) is 49.2 Å². The first-order chi connectivity index (χ1) is 20.5. The number of aromatic nitrogens is 3. The van der Waals surface area contributed by atoms with Crippen molar-refractivity contribution in [1.29, 1.82) is 0 Å². The van der Waals surface area contributed by atoms with E-state index in [0.29, 0.717) is 55.0 Å². The summed E-state index contributed by atoms with van der Waals surface area (Å²) in [5.74, 6) is -2.31. The Hall–Kier alpha value is -3.45. The van der Waals surface area contributed by atoms with Gasteiger partial charge in [0.25, 0.3) is 0 Å². The number of Topliss-reactive ketones (excluding diaryl/α,β-unsaturated/α-hetero) is 1. The summed E-state index contributed by atoms with van der Waals surface area (Å²) in [5.41, 5.74) is -0.743. The molecule has 0 bridgehead atoms. The van der Waals surface area contributed by atoms with Crippen molar-refractivity contribution in [2.24, 2.45) is 5.92 Å². The maximum Gasteiger partial charge on any atom is 0.419 e. The molecule has 1 N–H and O–H groups in total. The predicted octanol–water partition coefficient (Wildman–Crippen LogP) is 6.89. The molecule has 2 fully saturated rings. The fourth-order valence-electron chi connectivity index (χ4n) is 5.86. The number of alkyl halides is 3. The number of thiazole rings is 1. The molecule has 4 heterocycles. The van der Waals surface area contributed by atoms with Crippen molar-refractivity contribution in [3.8, 4) is 11.3 Å². The Morgan fingerprint density at radius 2 is 1.84 bits per heavy atom. The fraction of sp³-hybridized carbons (Fsp3) is 0.516. The molecule has 2 aromatic heterocycles. The second kappa shape index (κ2) is 14.1. The number of aliphatic carboxylic acids is 1. The first kappa shape index (κ1) is 33.4. The monoisotopic (exact) mass is 635 g/mol. The highest BCUT2D eigenvalue weighted by Crippen LogP contribution is 2.37. The molecule has 0 unspecified atom stereocenters. The molecule has 13 heteroatoms. The first-order valence-electron chi connectivity index (χ1n) is 14.5. The molecule has 2 aliphatic rings. The largest absolute Gasteiger partial charge is 0.481 e. The van der Waals surface area contributed by atoms with Crippen molar-refractivity contribution in [2.75, 3.05) is 24.5 Å². The molecule has 0 saturated carbocycles. The van der Waals surface area contributed by atoms with Crippen molar-refractivity contribution in [1.82, 2.24) is 19.9 Å². The van der Waals surface area contributed by atoms with Gasteiger partial charge in [0.2, 0.25) is 0 Å². The molecular weight excluding hydrogens is 598 g/mol. The van der Waals surface area contributed by atoms with Crippen LogP contribution in [0, 0.1) is 11.7 Å². The minimum atomic E-state index is -4.85. The zero-order valence-electron chi connectivity index (χ0n) is 23.7. The van der Waals surface area contributed by atoms with E-state index in [2.05, 4.69) is 26.8 Å². The number of benzene rings is 1. The second-order valence-electron chi connectivity index (χ2n) is 11.1. The quantitative estimate of drug-likeness (QED) is 0.190. The van der Waals surface area contributed by atoms with Crippen LogP contribution in [-0.4, -0.2) is 62.4 Å². The molecule has 1 aromatic carbocycles. The molecule has 1 atom stereocenters. The minimum Gasteiger partial charge on any atom is -0.481 e. The number of rotatable bonds is 10. The summed E-state index contributed by atoms with van der Waals surface area (Å²) in [4.78, 5) is 42.6. The number of piperidine rings is 1. The number of carbonyl (C=O) groups is 2. The van der Waals surface area contributed by atoms with Crippen molar-refractivity contribution in [3.05, 3.63) is 57.6 Å². The van der Waals surface area contributed by atoms with E-state index in [1.54, 1.807) is 0 Å². The summed E-state index contributed by atoms with van der Waals surface area (Å²) in [6, 6.07) is 3.26. The molecule has 2 saturated heterocycles. The molecule has 0 spiro atoms. The molecule has 44 heavy (non-hydrogen) atoms. The van der Waals surface area contributed by atoms with Gasteiger partial charge in [-0.05, 0) is 56.8 Å². The van der Waals surface area contributed by atoms with Crippen molar-refractivity contribution in [2.45, 2.75) is 78.1 Å². The van der Waals surface area contributed by atoms with Crippen molar-refractivity contribution in [3.63, 3.8) is 0 Å². The number of carbonyl (C=O) groups excluding carboxylic acids is 1. The van der Waals surface area contributed by atoms with Gasteiger partial charge in [0.15, 0.2) is 5.78 Å². The number of ketones is 1. The number of hydrogen-bond donors (Lipinski definition) is 1. The lowest BCUT2D eigenvalue weighted by atomic mass is 9.97. The van der Waals surface area contributed by atoms with E-state index in [-0.39, 0.29) is 36.8 Å². The number of anilines is 1. The van der Waals surface area contributed by atoms with Gasteiger partial charge in [-0.1, -0.05) is 20.8 Å². The molecule has 2 aliphatic heterocycles. The summed E-state index contributed by atoms with van der Waals surface area (Å²) in [6.07, 6.45) is 3.03. The highest BCUT2D eigenvalue weighted by atomic mass is 32.1. The second-order valence-corrected chi connectivity index (χ2v) is 12.3.